The Bertz CT molecular complexity index is 1970. The molecule has 6 aromatic rings. The predicted molar refractivity (Wildman–Crippen MR) is 177 cm³/mol. The molecule has 0 aliphatic rings. The standard InChI is InChI=1S/C33H25BrN6O2S/c1-43-31(33(42)38-23-11-7-9-21(17-23)29-19-36-25-13-3-5-15-27(25)40-29)30(34)32(41)37-22-10-6-8-20(16-22)28-18-35-24-12-2-4-14-26(24)39-28/h2-19,30-31H,1H3,(H,37,41)(H,38,42). The van der Waals surface area contributed by atoms with Crippen molar-refractivity contribution in [3.8, 4) is 22.5 Å². The Morgan fingerprint density at radius 3 is 1.60 bits per heavy atom. The van der Waals surface area contributed by atoms with Gasteiger partial charge in [0.25, 0.3) is 0 Å². The van der Waals surface area contributed by atoms with E-state index >= 15 is 0 Å². The Labute approximate surface area is 260 Å². The van der Waals surface area contributed by atoms with Gasteiger partial charge >= 0.3 is 0 Å². The van der Waals surface area contributed by atoms with Gasteiger partial charge in [-0.05, 0) is 54.8 Å². The lowest BCUT2D eigenvalue weighted by atomic mass is 10.1. The van der Waals surface area contributed by atoms with Crippen molar-refractivity contribution in [2.24, 2.45) is 0 Å². The van der Waals surface area contributed by atoms with E-state index in [1.165, 1.54) is 11.8 Å². The van der Waals surface area contributed by atoms with Crippen LogP contribution in [0.1, 0.15) is 0 Å². The lowest BCUT2D eigenvalue weighted by Crippen LogP contribution is -2.39. The first-order chi connectivity index (χ1) is 21.0. The molecular weight excluding hydrogens is 624 g/mol. The molecule has 0 aliphatic carbocycles. The molecule has 0 spiro atoms. The fourth-order valence-corrected chi connectivity index (χ4v) is 6.26. The lowest BCUT2D eigenvalue weighted by Gasteiger charge is -2.20. The summed E-state index contributed by atoms with van der Waals surface area (Å²) >= 11 is 4.76. The van der Waals surface area contributed by atoms with Crippen molar-refractivity contribution in [2.45, 2.75) is 10.1 Å². The van der Waals surface area contributed by atoms with Gasteiger partial charge in [0.2, 0.25) is 11.8 Å². The van der Waals surface area contributed by atoms with Crippen LogP contribution in [0.15, 0.2) is 109 Å². The third-order valence-electron chi connectivity index (χ3n) is 6.78. The SMILES string of the molecule is CSC(C(=O)Nc1cccc(-c2cnc3ccccc3n2)c1)C(Br)C(=O)Nc1cccc(-c2cnc3ccccc3n2)c1. The Hall–Kier alpha value is -4.67. The van der Waals surface area contributed by atoms with Gasteiger partial charge in [-0.2, -0.15) is 11.8 Å². The highest BCUT2D eigenvalue weighted by molar-refractivity contribution is 9.10. The molecule has 0 aliphatic heterocycles. The molecular formula is C33H25BrN6O2S. The zero-order valence-electron chi connectivity index (χ0n) is 22.9. The van der Waals surface area contributed by atoms with E-state index in [1.54, 1.807) is 30.8 Å². The summed E-state index contributed by atoms with van der Waals surface area (Å²) in [6.45, 7) is 0. The van der Waals surface area contributed by atoms with Crippen LogP contribution in [-0.4, -0.2) is 48.1 Å². The summed E-state index contributed by atoms with van der Waals surface area (Å²) in [5, 5.41) is 5.18. The van der Waals surface area contributed by atoms with Gasteiger partial charge in [0.05, 0.1) is 45.8 Å². The number of nitrogens with zero attached hydrogens (tertiary/aromatic N) is 4. The maximum Gasteiger partial charge on any atom is 0.239 e. The van der Waals surface area contributed by atoms with E-state index in [4.69, 9.17) is 9.97 Å². The number of amides is 2. The number of alkyl halides is 1. The van der Waals surface area contributed by atoms with Gasteiger partial charge in [-0.1, -0.05) is 64.5 Å². The quantitative estimate of drug-likeness (QED) is 0.171. The largest absolute Gasteiger partial charge is 0.325 e. The number of fused-ring (bicyclic) bond motifs is 2. The van der Waals surface area contributed by atoms with Gasteiger partial charge in [-0.15, -0.1) is 0 Å². The molecule has 2 amide bonds. The minimum Gasteiger partial charge on any atom is -0.325 e. The molecule has 0 saturated heterocycles. The van der Waals surface area contributed by atoms with Crippen LogP contribution in [-0.2, 0) is 9.59 Å². The van der Waals surface area contributed by atoms with Crippen molar-refractivity contribution in [2.75, 3.05) is 16.9 Å². The van der Waals surface area contributed by atoms with E-state index in [-0.39, 0.29) is 11.8 Å². The highest BCUT2D eigenvalue weighted by Crippen LogP contribution is 2.27. The Morgan fingerprint density at radius 2 is 1.12 bits per heavy atom. The Balaban J connectivity index is 1.14. The fourth-order valence-electron chi connectivity index (χ4n) is 4.63. The van der Waals surface area contributed by atoms with E-state index in [0.717, 1.165) is 33.2 Å². The van der Waals surface area contributed by atoms with Crippen molar-refractivity contribution >= 4 is 72.9 Å². The number of benzene rings is 4. The molecule has 0 bridgehead atoms. The number of nitrogens with one attached hydrogen (secondary N) is 2. The van der Waals surface area contributed by atoms with E-state index in [2.05, 4.69) is 36.5 Å². The van der Waals surface area contributed by atoms with Crippen LogP contribution in [0, 0.1) is 0 Å². The smallest absolute Gasteiger partial charge is 0.239 e. The number of thioether (sulfide) groups is 1. The number of rotatable bonds is 8. The minimum atomic E-state index is -0.791. The maximum atomic E-state index is 13.3. The summed E-state index contributed by atoms with van der Waals surface area (Å²) in [7, 11) is 0. The summed E-state index contributed by atoms with van der Waals surface area (Å²) in [6.07, 6.45) is 5.23. The molecule has 4 aromatic carbocycles. The van der Waals surface area contributed by atoms with E-state index in [9.17, 15) is 9.59 Å². The molecule has 6 rings (SSSR count). The highest BCUT2D eigenvalue weighted by Gasteiger charge is 2.31. The summed E-state index contributed by atoms with van der Waals surface area (Å²) in [4.78, 5) is 44.2. The first-order valence-corrected chi connectivity index (χ1v) is 15.6. The summed E-state index contributed by atoms with van der Waals surface area (Å²) in [5.74, 6) is -0.636. The fraction of sp³-hybridized carbons (Fsp3) is 0.0909. The second kappa shape index (κ2) is 12.7. The predicted octanol–water partition coefficient (Wildman–Crippen LogP) is 6.98. The average Bonchev–Trinajstić information content (AvgIpc) is 3.04. The number of carbonyl (C=O) groups is 2. The maximum absolute atomic E-state index is 13.3. The number of hydrogen-bond donors (Lipinski definition) is 2. The van der Waals surface area contributed by atoms with Gasteiger partial charge in [0.1, 0.15) is 10.1 Å². The van der Waals surface area contributed by atoms with Crippen LogP contribution in [0.3, 0.4) is 0 Å². The molecule has 2 atom stereocenters. The average molecular weight is 650 g/mol. The third kappa shape index (κ3) is 6.40. The van der Waals surface area contributed by atoms with Gasteiger partial charge in [0.15, 0.2) is 0 Å². The zero-order valence-corrected chi connectivity index (χ0v) is 25.3. The summed E-state index contributed by atoms with van der Waals surface area (Å²) in [5.41, 5.74) is 7.43. The van der Waals surface area contributed by atoms with Crippen LogP contribution in [0.2, 0.25) is 0 Å². The van der Waals surface area contributed by atoms with Crippen molar-refractivity contribution in [1.82, 2.24) is 19.9 Å². The molecule has 2 aromatic heterocycles. The van der Waals surface area contributed by atoms with E-state index in [1.807, 2.05) is 84.9 Å². The van der Waals surface area contributed by atoms with Gasteiger partial charge in [-0.25, -0.2) is 9.97 Å². The Morgan fingerprint density at radius 1 is 0.651 bits per heavy atom. The second-order valence-electron chi connectivity index (χ2n) is 9.69. The van der Waals surface area contributed by atoms with Crippen molar-refractivity contribution in [3.63, 3.8) is 0 Å². The minimum absolute atomic E-state index is 0.300. The normalized spacial score (nSPS) is 12.5. The summed E-state index contributed by atoms with van der Waals surface area (Å²) in [6, 6.07) is 30.1. The van der Waals surface area contributed by atoms with Crippen LogP contribution >= 0.6 is 27.7 Å². The van der Waals surface area contributed by atoms with Crippen LogP contribution in [0.25, 0.3) is 44.6 Å². The Kier molecular flexibility index (Phi) is 8.39. The molecule has 0 radical (unpaired) electrons. The van der Waals surface area contributed by atoms with Crippen molar-refractivity contribution < 1.29 is 9.59 Å². The topological polar surface area (TPSA) is 110 Å². The van der Waals surface area contributed by atoms with Crippen molar-refractivity contribution in [3.05, 3.63) is 109 Å². The highest BCUT2D eigenvalue weighted by atomic mass is 79.9. The number of halogens is 1. The van der Waals surface area contributed by atoms with E-state index < -0.39 is 10.1 Å². The van der Waals surface area contributed by atoms with Crippen LogP contribution in [0.5, 0.6) is 0 Å². The lowest BCUT2D eigenvalue weighted by molar-refractivity contribution is -0.120. The molecule has 0 saturated carbocycles. The van der Waals surface area contributed by atoms with E-state index in [0.29, 0.717) is 22.8 Å². The molecule has 212 valence electrons. The number of aromatic nitrogens is 4. The van der Waals surface area contributed by atoms with Gasteiger partial charge in [-0.3, -0.25) is 19.6 Å². The number of para-hydroxylation sites is 4. The third-order valence-corrected chi connectivity index (χ3v) is 9.07. The number of anilines is 2. The molecule has 8 nitrogen and oxygen atoms in total. The molecule has 2 heterocycles. The van der Waals surface area contributed by atoms with Crippen LogP contribution < -0.4 is 10.6 Å². The molecule has 0 fully saturated rings. The molecule has 43 heavy (non-hydrogen) atoms. The van der Waals surface area contributed by atoms with Crippen LogP contribution in [0.4, 0.5) is 11.4 Å². The first kappa shape index (κ1) is 28.4. The second-order valence-corrected chi connectivity index (χ2v) is 11.7. The molecule has 10 heteroatoms. The number of hydrogen-bond acceptors (Lipinski definition) is 7. The monoisotopic (exact) mass is 648 g/mol. The van der Waals surface area contributed by atoms with Crippen molar-refractivity contribution in [1.29, 1.82) is 0 Å². The summed E-state index contributed by atoms with van der Waals surface area (Å²) < 4.78 is 0. The first-order valence-electron chi connectivity index (χ1n) is 13.4. The zero-order chi connectivity index (χ0) is 29.8. The molecule has 2 unspecified atom stereocenters. The van der Waals surface area contributed by atoms with Gasteiger partial charge in [0, 0.05) is 22.5 Å². The number of carbonyl (C=O) groups excluding carboxylic acids is 2. The molecule has 2 N–H and O–H groups in total. The van der Waals surface area contributed by atoms with Gasteiger partial charge < -0.3 is 10.6 Å².